The van der Waals surface area contributed by atoms with Crippen molar-refractivity contribution < 1.29 is 9.53 Å². The number of halogens is 1. The van der Waals surface area contributed by atoms with Crippen molar-refractivity contribution >= 4 is 29.1 Å². The highest BCUT2D eigenvalue weighted by Crippen LogP contribution is 2.23. The number of amides is 1. The molecule has 26 heavy (non-hydrogen) atoms. The molecule has 1 amide bonds. The van der Waals surface area contributed by atoms with Gasteiger partial charge in [-0.3, -0.25) is 4.79 Å². The molecule has 3 rings (SSSR count). The minimum atomic E-state index is -0.289. The molecule has 0 aliphatic carbocycles. The third kappa shape index (κ3) is 4.85. The number of carbonyl (C=O) groups is 1. The number of benzene rings is 1. The van der Waals surface area contributed by atoms with E-state index in [0.717, 1.165) is 37.5 Å². The summed E-state index contributed by atoms with van der Waals surface area (Å²) < 4.78 is 5.58. The summed E-state index contributed by atoms with van der Waals surface area (Å²) in [7, 11) is 0. The van der Waals surface area contributed by atoms with Crippen LogP contribution in [0.25, 0.3) is 0 Å². The van der Waals surface area contributed by atoms with Gasteiger partial charge in [0.1, 0.15) is 0 Å². The topological polar surface area (TPSA) is 67.3 Å². The van der Waals surface area contributed by atoms with Crippen LogP contribution in [-0.4, -0.2) is 35.6 Å². The summed E-state index contributed by atoms with van der Waals surface area (Å²) in [5.41, 5.74) is 1.37. The van der Waals surface area contributed by atoms with Gasteiger partial charge in [0.25, 0.3) is 5.91 Å². The molecule has 7 heteroatoms. The molecule has 1 N–H and O–H groups in total. The first-order chi connectivity index (χ1) is 12.5. The van der Waals surface area contributed by atoms with E-state index in [1.54, 1.807) is 24.3 Å². The Bertz CT molecular complexity index is 776. The number of aryl methyl sites for hydroxylation is 1. The average Bonchev–Trinajstić information content (AvgIpc) is 2.62. The first kappa shape index (κ1) is 18.5. The van der Waals surface area contributed by atoms with E-state index >= 15 is 0 Å². The van der Waals surface area contributed by atoms with Crippen LogP contribution in [0.2, 0.25) is 5.02 Å². The quantitative estimate of drug-likeness (QED) is 0.864. The first-order valence-electron chi connectivity index (χ1n) is 8.79. The zero-order valence-electron chi connectivity index (χ0n) is 15.0. The summed E-state index contributed by atoms with van der Waals surface area (Å²) in [6.45, 7) is 5.90. The number of nitrogens with one attached hydrogen (secondary N) is 1. The molecule has 1 aliphatic heterocycles. The second-order valence-electron chi connectivity index (χ2n) is 6.63. The van der Waals surface area contributed by atoms with Crippen molar-refractivity contribution in [3.8, 4) is 5.88 Å². The zero-order chi connectivity index (χ0) is 18.5. The first-order valence-corrected chi connectivity index (χ1v) is 9.17. The number of anilines is 2. The number of hydrogen-bond acceptors (Lipinski definition) is 5. The number of aromatic nitrogens is 2. The highest BCUT2D eigenvalue weighted by Gasteiger charge is 2.19. The molecule has 1 aliphatic rings. The molecule has 6 nitrogen and oxygen atoms in total. The summed E-state index contributed by atoms with van der Waals surface area (Å²) in [5, 5.41) is 3.21. The normalized spacial score (nSPS) is 15.0. The molecule has 0 saturated carbocycles. The lowest BCUT2D eigenvalue weighted by atomic mass is 10.00. The van der Waals surface area contributed by atoms with Gasteiger partial charge >= 0.3 is 0 Å². The van der Waals surface area contributed by atoms with Crippen LogP contribution in [0, 0.1) is 12.8 Å². The number of nitrogens with zero attached hydrogens (tertiary/aromatic N) is 3. The number of carbonyl (C=O) groups excluding carboxylic acids is 1. The predicted molar refractivity (Wildman–Crippen MR) is 103 cm³/mol. The van der Waals surface area contributed by atoms with Crippen LogP contribution in [0.4, 0.5) is 11.6 Å². The van der Waals surface area contributed by atoms with Gasteiger partial charge < -0.3 is 15.0 Å². The molecule has 2 heterocycles. The van der Waals surface area contributed by atoms with Crippen LogP contribution in [0.1, 0.15) is 25.5 Å². The van der Waals surface area contributed by atoms with Crippen molar-refractivity contribution in [3.05, 3.63) is 41.0 Å². The van der Waals surface area contributed by atoms with E-state index in [2.05, 4.69) is 27.1 Å². The molecule has 0 bridgehead atoms. The highest BCUT2D eigenvalue weighted by molar-refractivity contribution is 6.33. The average molecular weight is 375 g/mol. The van der Waals surface area contributed by atoms with E-state index in [9.17, 15) is 4.79 Å². The van der Waals surface area contributed by atoms with Crippen molar-refractivity contribution in [2.45, 2.75) is 26.7 Å². The Hall–Kier alpha value is -2.34. The standard InChI is InChI=1S/C19H23ClN4O2/c1-13-7-9-24(10-8-13)19-21-14(2)11-18(23-19)26-12-17(25)22-16-6-4-3-5-15(16)20/h3-6,11,13H,7-10,12H2,1-2H3,(H,22,25). The lowest BCUT2D eigenvalue weighted by Crippen LogP contribution is -2.34. The maximum atomic E-state index is 12.1. The second-order valence-corrected chi connectivity index (χ2v) is 7.04. The molecule has 0 unspecified atom stereocenters. The fraction of sp³-hybridized carbons (Fsp3) is 0.421. The van der Waals surface area contributed by atoms with Crippen molar-refractivity contribution in [2.75, 3.05) is 29.9 Å². The van der Waals surface area contributed by atoms with Crippen LogP contribution >= 0.6 is 11.6 Å². The van der Waals surface area contributed by atoms with Gasteiger partial charge in [-0.15, -0.1) is 0 Å². The minimum Gasteiger partial charge on any atom is -0.467 e. The summed E-state index contributed by atoms with van der Waals surface area (Å²) in [6.07, 6.45) is 2.27. The minimum absolute atomic E-state index is 0.141. The van der Waals surface area contributed by atoms with E-state index in [1.165, 1.54) is 0 Å². The van der Waals surface area contributed by atoms with Crippen molar-refractivity contribution in [2.24, 2.45) is 5.92 Å². The largest absolute Gasteiger partial charge is 0.467 e. The van der Waals surface area contributed by atoms with Gasteiger partial charge in [0.15, 0.2) is 6.61 Å². The molecule has 138 valence electrons. The molecular weight excluding hydrogens is 352 g/mol. The number of rotatable bonds is 5. The van der Waals surface area contributed by atoms with Gasteiger partial charge in [-0.2, -0.15) is 4.98 Å². The van der Waals surface area contributed by atoms with Gasteiger partial charge in [-0.05, 0) is 37.8 Å². The Morgan fingerprint density at radius 3 is 2.77 bits per heavy atom. The monoisotopic (exact) mass is 374 g/mol. The van der Waals surface area contributed by atoms with E-state index in [1.807, 2.05) is 13.0 Å². The van der Waals surface area contributed by atoms with Gasteiger partial charge in [0.2, 0.25) is 11.8 Å². The number of hydrogen-bond donors (Lipinski definition) is 1. The SMILES string of the molecule is Cc1cc(OCC(=O)Nc2ccccc2Cl)nc(N2CCC(C)CC2)n1. The Morgan fingerprint density at radius 1 is 1.31 bits per heavy atom. The summed E-state index contributed by atoms with van der Waals surface area (Å²) >= 11 is 6.04. The Labute approximate surface area is 158 Å². The lowest BCUT2D eigenvalue weighted by molar-refractivity contribution is -0.118. The van der Waals surface area contributed by atoms with Gasteiger partial charge in [0.05, 0.1) is 10.7 Å². The summed E-state index contributed by atoms with van der Waals surface area (Å²) in [6, 6.07) is 8.81. The van der Waals surface area contributed by atoms with Gasteiger partial charge in [-0.25, -0.2) is 4.98 Å². The molecule has 1 aromatic heterocycles. The summed E-state index contributed by atoms with van der Waals surface area (Å²) in [4.78, 5) is 23.2. The second kappa shape index (κ2) is 8.36. The van der Waals surface area contributed by atoms with E-state index < -0.39 is 0 Å². The Kier molecular flexibility index (Phi) is 5.93. The third-order valence-corrected chi connectivity index (χ3v) is 4.71. The van der Waals surface area contributed by atoms with Crippen LogP contribution in [0.15, 0.2) is 30.3 Å². The molecule has 0 spiro atoms. The Morgan fingerprint density at radius 2 is 2.04 bits per heavy atom. The predicted octanol–water partition coefficient (Wildman–Crippen LogP) is 3.69. The maximum Gasteiger partial charge on any atom is 0.262 e. The molecule has 1 saturated heterocycles. The fourth-order valence-corrected chi connectivity index (χ4v) is 3.02. The van der Waals surface area contributed by atoms with Crippen LogP contribution in [-0.2, 0) is 4.79 Å². The molecule has 1 aromatic carbocycles. The molecular formula is C19H23ClN4O2. The molecule has 1 fully saturated rings. The number of ether oxygens (including phenoxy) is 1. The van der Waals surface area contributed by atoms with Crippen molar-refractivity contribution in [1.82, 2.24) is 9.97 Å². The van der Waals surface area contributed by atoms with E-state index in [4.69, 9.17) is 16.3 Å². The summed E-state index contributed by atoms with van der Waals surface area (Å²) in [5.74, 6) is 1.52. The smallest absolute Gasteiger partial charge is 0.262 e. The lowest BCUT2D eigenvalue weighted by Gasteiger charge is -2.30. The number of piperidine rings is 1. The Balaban J connectivity index is 1.61. The van der Waals surface area contributed by atoms with Crippen LogP contribution in [0.3, 0.4) is 0 Å². The van der Waals surface area contributed by atoms with Crippen molar-refractivity contribution in [3.63, 3.8) is 0 Å². The fourth-order valence-electron chi connectivity index (χ4n) is 2.84. The molecule has 0 atom stereocenters. The van der Waals surface area contributed by atoms with E-state index in [-0.39, 0.29) is 12.5 Å². The van der Waals surface area contributed by atoms with Crippen LogP contribution in [0.5, 0.6) is 5.88 Å². The highest BCUT2D eigenvalue weighted by atomic mass is 35.5. The van der Waals surface area contributed by atoms with Crippen molar-refractivity contribution in [1.29, 1.82) is 0 Å². The molecule has 2 aromatic rings. The maximum absolute atomic E-state index is 12.1. The zero-order valence-corrected chi connectivity index (χ0v) is 15.8. The third-order valence-electron chi connectivity index (χ3n) is 4.38. The van der Waals surface area contributed by atoms with Gasteiger partial charge in [0, 0.05) is 24.8 Å². The van der Waals surface area contributed by atoms with Crippen LogP contribution < -0.4 is 15.0 Å². The van der Waals surface area contributed by atoms with Gasteiger partial charge in [-0.1, -0.05) is 30.7 Å². The van der Waals surface area contributed by atoms with E-state index in [0.29, 0.717) is 22.5 Å². The molecule has 0 radical (unpaired) electrons. The number of para-hydroxylation sites is 1.